The van der Waals surface area contributed by atoms with Crippen molar-refractivity contribution in [1.82, 2.24) is 10.6 Å². The van der Waals surface area contributed by atoms with Gasteiger partial charge in [0.15, 0.2) is 0 Å². The third kappa shape index (κ3) is 6.93. The number of halogens is 1. The number of amides is 1. The van der Waals surface area contributed by atoms with Gasteiger partial charge in [-0.1, -0.05) is 30.3 Å². The Hall–Kier alpha value is -1.10. The quantitative estimate of drug-likeness (QED) is 0.688. The smallest absolute Gasteiger partial charge is 0.234 e. The topological polar surface area (TPSA) is 61.4 Å². The number of nitrogens with one attached hydrogen (secondary N) is 2. The van der Waals surface area contributed by atoms with Crippen LogP contribution in [0.1, 0.15) is 37.9 Å². The molecule has 1 aromatic carbocycles. The Morgan fingerprint density at radius 3 is 2.62 bits per heavy atom. The lowest BCUT2D eigenvalue weighted by atomic mass is 10.0. The minimum atomic E-state index is -0.536. The molecule has 1 saturated carbocycles. The van der Waals surface area contributed by atoms with Crippen molar-refractivity contribution >= 4 is 18.3 Å². The summed E-state index contributed by atoms with van der Waals surface area (Å²) < 4.78 is 0. The highest BCUT2D eigenvalue weighted by Crippen LogP contribution is 2.27. The largest absolute Gasteiger partial charge is 0.388 e. The van der Waals surface area contributed by atoms with Crippen molar-refractivity contribution in [3.8, 4) is 0 Å². The van der Waals surface area contributed by atoms with Gasteiger partial charge in [0.05, 0.1) is 12.6 Å². The van der Waals surface area contributed by atoms with E-state index in [1.54, 1.807) is 0 Å². The van der Waals surface area contributed by atoms with E-state index in [1.165, 1.54) is 12.8 Å². The molecule has 0 aromatic heterocycles. The van der Waals surface area contributed by atoms with Crippen LogP contribution in [0.4, 0.5) is 0 Å². The Bertz CT molecular complexity index is 424. The number of hydrogen-bond donors (Lipinski definition) is 3. The predicted molar refractivity (Wildman–Crippen MR) is 86.5 cm³/mol. The van der Waals surface area contributed by atoms with Gasteiger partial charge in [0.2, 0.25) is 5.91 Å². The van der Waals surface area contributed by atoms with Crippen molar-refractivity contribution in [2.24, 2.45) is 5.92 Å². The highest BCUT2D eigenvalue weighted by atomic mass is 35.5. The molecule has 2 rings (SSSR count). The van der Waals surface area contributed by atoms with Crippen molar-refractivity contribution in [3.63, 3.8) is 0 Å². The average Bonchev–Trinajstić information content (AvgIpc) is 3.23. The van der Waals surface area contributed by atoms with Gasteiger partial charge < -0.3 is 15.7 Å². The fourth-order valence-electron chi connectivity index (χ4n) is 2.24. The number of rotatable bonds is 8. The first-order valence-corrected chi connectivity index (χ1v) is 7.38. The van der Waals surface area contributed by atoms with E-state index in [0.717, 1.165) is 18.0 Å². The zero-order chi connectivity index (χ0) is 14.4. The molecule has 2 unspecified atom stereocenters. The van der Waals surface area contributed by atoms with Gasteiger partial charge in [0.1, 0.15) is 0 Å². The van der Waals surface area contributed by atoms with Crippen molar-refractivity contribution in [3.05, 3.63) is 35.9 Å². The summed E-state index contributed by atoms with van der Waals surface area (Å²) in [6.07, 6.45) is 2.56. The van der Waals surface area contributed by atoms with Gasteiger partial charge in [-0.3, -0.25) is 4.79 Å². The number of benzene rings is 1. The van der Waals surface area contributed by atoms with Crippen molar-refractivity contribution in [2.45, 2.75) is 38.3 Å². The van der Waals surface area contributed by atoms with E-state index in [9.17, 15) is 9.90 Å². The van der Waals surface area contributed by atoms with Gasteiger partial charge in [-0.2, -0.15) is 0 Å². The maximum atomic E-state index is 11.7. The van der Waals surface area contributed by atoms with E-state index in [2.05, 4.69) is 10.6 Å². The van der Waals surface area contributed by atoms with Gasteiger partial charge in [-0.05, 0) is 44.2 Å². The summed E-state index contributed by atoms with van der Waals surface area (Å²) in [7, 11) is 0. The first-order valence-electron chi connectivity index (χ1n) is 7.38. The Balaban J connectivity index is 0.00000220. The highest BCUT2D eigenvalue weighted by Gasteiger charge is 2.21. The molecule has 2 atom stereocenters. The molecule has 1 aliphatic rings. The molecule has 1 amide bonds. The average molecular weight is 313 g/mol. The summed E-state index contributed by atoms with van der Waals surface area (Å²) in [5.41, 5.74) is 0.889. The van der Waals surface area contributed by atoms with Gasteiger partial charge in [-0.25, -0.2) is 0 Å². The second-order valence-electron chi connectivity index (χ2n) is 5.71. The van der Waals surface area contributed by atoms with Crippen LogP contribution in [0.5, 0.6) is 0 Å². The molecule has 0 spiro atoms. The van der Waals surface area contributed by atoms with Crippen LogP contribution in [0.3, 0.4) is 0 Å². The number of aliphatic hydroxyl groups is 1. The fraction of sp³-hybridized carbons (Fsp3) is 0.562. The summed E-state index contributed by atoms with van der Waals surface area (Å²) in [6, 6.07) is 9.49. The maximum Gasteiger partial charge on any atom is 0.234 e. The lowest BCUT2D eigenvalue weighted by molar-refractivity contribution is -0.121. The van der Waals surface area contributed by atoms with E-state index < -0.39 is 6.10 Å². The summed E-state index contributed by atoms with van der Waals surface area (Å²) in [5.74, 6) is 0.776. The molecular formula is C16H25ClN2O2. The van der Waals surface area contributed by atoms with Crippen LogP contribution in [-0.2, 0) is 4.79 Å². The third-order valence-electron chi connectivity index (χ3n) is 3.58. The Morgan fingerprint density at radius 2 is 2.00 bits per heavy atom. The SMILES string of the molecule is CC(CC(O)c1ccccc1)NC(=O)CNCC1CC1.Cl. The Morgan fingerprint density at radius 1 is 1.33 bits per heavy atom. The lowest BCUT2D eigenvalue weighted by Gasteiger charge is -2.18. The number of aliphatic hydroxyl groups excluding tert-OH is 1. The first-order chi connectivity index (χ1) is 9.65. The molecule has 3 N–H and O–H groups in total. The summed E-state index contributed by atoms with van der Waals surface area (Å²) in [4.78, 5) is 11.7. The predicted octanol–water partition coefficient (Wildman–Crippen LogP) is 2.04. The molecule has 118 valence electrons. The number of hydrogen-bond acceptors (Lipinski definition) is 3. The van der Waals surface area contributed by atoms with E-state index in [4.69, 9.17) is 0 Å². The van der Waals surface area contributed by atoms with Gasteiger partial charge >= 0.3 is 0 Å². The van der Waals surface area contributed by atoms with Crippen LogP contribution < -0.4 is 10.6 Å². The van der Waals surface area contributed by atoms with E-state index >= 15 is 0 Å². The van der Waals surface area contributed by atoms with Crippen LogP contribution in [-0.4, -0.2) is 30.1 Å². The maximum absolute atomic E-state index is 11.7. The molecule has 5 heteroatoms. The second-order valence-corrected chi connectivity index (χ2v) is 5.71. The molecule has 1 aliphatic carbocycles. The zero-order valence-corrected chi connectivity index (χ0v) is 13.2. The normalized spacial score (nSPS) is 16.7. The van der Waals surface area contributed by atoms with Crippen molar-refractivity contribution in [1.29, 1.82) is 0 Å². The number of carbonyl (C=O) groups excluding carboxylic acids is 1. The summed E-state index contributed by atoms with van der Waals surface area (Å²) >= 11 is 0. The van der Waals surface area contributed by atoms with Crippen LogP contribution >= 0.6 is 12.4 Å². The monoisotopic (exact) mass is 312 g/mol. The first kappa shape index (κ1) is 18.0. The van der Waals surface area contributed by atoms with Crippen molar-refractivity contribution in [2.75, 3.05) is 13.1 Å². The zero-order valence-electron chi connectivity index (χ0n) is 12.4. The molecule has 21 heavy (non-hydrogen) atoms. The minimum absolute atomic E-state index is 0. The third-order valence-corrected chi connectivity index (χ3v) is 3.58. The molecule has 0 radical (unpaired) electrons. The van der Waals surface area contributed by atoms with Crippen molar-refractivity contribution < 1.29 is 9.90 Å². The van der Waals surface area contributed by atoms with Gasteiger partial charge in [0.25, 0.3) is 0 Å². The highest BCUT2D eigenvalue weighted by molar-refractivity contribution is 5.85. The molecule has 1 aromatic rings. The van der Waals surface area contributed by atoms with Gasteiger partial charge in [0, 0.05) is 6.04 Å². The van der Waals surface area contributed by atoms with Crippen LogP contribution in [0.15, 0.2) is 30.3 Å². The molecule has 0 heterocycles. The molecule has 4 nitrogen and oxygen atoms in total. The standard InChI is InChI=1S/C16H24N2O2.ClH/c1-12(9-15(19)14-5-3-2-4-6-14)18-16(20)11-17-10-13-7-8-13;/h2-6,12-13,15,17,19H,7-11H2,1H3,(H,18,20);1H. The number of carbonyl (C=O) groups is 1. The molecule has 0 saturated heterocycles. The fourth-order valence-corrected chi connectivity index (χ4v) is 2.24. The second kappa shape index (κ2) is 9.03. The summed E-state index contributed by atoms with van der Waals surface area (Å²) in [5, 5.41) is 16.2. The molecular weight excluding hydrogens is 288 g/mol. The van der Waals surface area contributed by atoms with Crippen LogP contribution in [0, 0.1) is 5.92 Å². The Labute approximate surface area is 132 Å². The summed E-state index contributed by atoms with van der Waals surface area (Å²) in [6.45, 7) is 3.22. The van der Waals surface area contributed by atoms with Crippen LogP contribution in [0.2, 0.25) is 0 Å². The Kier molecular flexibility index (Phi) is 7.72. The van der Waals surface area contributed by atoms with Crippen LogP contribution in [0.25, 0.3) is 0 Å². The lowest BCUT2D eigenvalue weighted by Crippen LogP contribution is -2.40. The van der Waals surface area contributed by atoms with E-state index in [0.29, 0.717) is 13.0 Å². The van der Waals surface area contributed by atoms with Gasteiger partial charge in [-0.15, -0.1) is 12.4 Å². The minimum Gasteiger partial charge on any atom is -0.388 e. The van der Waals surface area contributed by atoms with E-state index in [-0.39, 0.29) is 24.4 Å². The molecule has 0 aliphatic heterocycles. The van der Waals surface area contributed by atoms with E-state index in [1.807, 2.05) is 37.3 Å². The molecule has 1 fully saturated rings. The molecule has 0 bridgehead atoms.